The maximum Gasteiger partial charge on any atom is 0.0159 e. The number of rotatable bonds is 4. The van der Waals surface area contributed by atoms with Crippen LogP contribution in [0.2, 0.25) is 0 Å². The molecule has 0 saturated heterocycles. The normalized spacial score (nSPS) is 14.9. The Bertz CT molecular complexity index is 4400. The van der Waals surface area contributed by atoms with Crippen LogP contribution in [0.1, 0.15) is 155 Å². The van der Waals surface area contributed by atoms with Gasteiger partial charge < -0.3 is 0 Å². The fourth-order valence-electron chi connectivity index (χ4n) is 15.6. The summed E-state index contributed by atoms with van der Waals surface area (Å²) < 4.78 is 0. The lowest BCUT2D eigenvalue weighted by Crippen LogP contribution is -2.19. The second kappa shape index (κ2) is 17.3. The monoisotopic (exact) mass is 1090 g/mol. The zero-order valence-corrected chi connectivity index (χ0v) is 52.3. The van der Waals surface area contributed by atoms with E-state index in [1.807, 2.05) is 0 Å². The molecule has 15 rings (SSSR count). The summed E-state index contributed by atoms with van der Waals surface area (Å²) in [6, 6.07) is 72.0. The van der Waals surface area contributed by atoms with E-state index in [0.717, 1.165) is 0 Å². The Labute approximate surface area is 499 Å². The fraction of sp³-hybridized carbons (Fsp3) is 0.262. The van der Waals surface area contributed by atoms with Gasteiger partial charge >= 0.3 is 0 Å². The molecule has 84 heavy (non-hydrogen) atoms. The largest absolute Gasteiger partial charge is 0.0622 e. The Morgan fingerprint density at radius 1 is 0.226 bits per heavy atom. The molecule has 4 aliphatic carbocycles. The number of benzene rings is 11. The summed E-state index contributed by atoms with van der Waals surface area (Å²) in [5.41, 5.74) is 37.2. The molecule has 0 bridgehead atoms. The first-order valence-electron chi connectivity index (χ1n) is 30.9. The molecule has 0 spiro atoms. The van der Waals surface area contributed by atoms with Crippen molar-refractivity contribution in [2.24, 2.45) is 0 Å². The molecule has 0 unspecified atom stereocenters. The Balaban J connectivity index is 1.10. The van der Waals surface area contributed by atoms with Crippen LogP contribution in [0.4, 0.5) is 0 Å². The molecule has 0 aromatic heterocycles. The van der Waals surface area contributed by atoms with E-state index < -0.39 is 0 Å². The van der Waals surface area contributed by atoms with E-state index in [1.165, 1.54) is 177 Å². The lowest BCUT2D eigenvalue weighted by Gasteiger charge is -2.28. The van der Waals surface area contributed by atoms with Crippen LogP contribution in [0.3, 0.4) is 0 Å². The van der Waals surface area contributed by atoms with Crippen molar-refractivity contribution in [2.75, 3.05) is 0 Å². The van der Waals surface area contributed by atoms with Crippen molar-refractivity contribution in [1.29, 1.82) is 0 Å². The van der Waals surface area contributed by atoms with Crippen LogP contribution in [0.25, 0.3) is 133 Å². The fourth-order valence-corrected chi connectivity index (χ4v) is 15.6. The molecular formula is C84H78. The molecule has 0 amide bonds. The van der Waals surface area contributed by atoms with Crippen molar-refractivity contribution in [3.8, 4) is 111 Å². The first kappa shape index (κ1) is 52.7. The molecule has 0 atom stereocenters. The average molecular weight is 1090 g/mol. The molecule has 4 aliphatic rings. The van der Waals surface area contributed by atoms with Gasteiger partial charge in [0.25, 0.3) is 0 Å². The SMILES string of the molecule is CC(C)(C)c1ccc2c(c1)C(C)(C)c1cc(C(C)(C)C)cc(-c3ccc(-c4cc(C(C)(C)C)cc5c4-c4ccc(C(C)(C)C)cc4C5(C)C)c4c3-c3ccc5c6c(ccc-4c36)-c3c-5c(-c4ccccc4)c4ccccc4c3-c3ccccc3)c1-2. The summed E-state index contributed by atoms with van der Waals surface area (Å²) in [7, 11) is 0. The highest BCUT2D eigenvalue weighted by molar-refractivity contribution is 6.34. The number of hydrogen-bond donors (Lipinski definition) is 0. The van der Waals surface area contributed by atoms with Crippen molar-refractivity contribution in [3.05, 3.63) is 226 Å². The lowest BCUT2D eigenvalue weighted by atomic mass is 9.75. The topological polar surface area (TPSA) is 0 Å². The molecule has 0 heteroatoms. The molecule has 0 fully saturated rings. The van der Waals surface area contributed by atoms with Crippen molar-refractivity contribution in [1.82, 2.24) is 0 Å². The van der Waals surface area contributed by atoms with Crippen molar-refractivity contribution < 1.29 is 0 Å². The molecule has 11 aromatic carbocycles. The number of hydrogen-bond acceptors (Lipinski definition) is 0. The predicted molar refractivity (Wildman–Crippen MR) is 362 cm³/mol. The second-order valence-corrected chi connectivity index (χ2v) is 30.4. The van der Waals surface area contributed by atoms with Crippen LogP contribution < -0.4 is 0 Å². The summed E-state index contributed by atoms with van der Waals surface area (Å²) in [6.07, 6.45) is 0. The second-order valence-electron chi connectivity index (χ2n) is 30.4. The highest BCUT2D eigenvalue weighted by atomic mass is 14.5. The summed E-state index contributed by atoms with van der Waals surface area (Å²) in [4.78, 5) is 0. The van der Waals surface area contributed by atoms with E-state index in [-0.39, 0.29) is 32.5 Å². The van der Waals surface area contributed by atoms with E-state index in [9.17, 15) is 0 Å². The summed E-state index contributed by atoms with van der Waals surface area (Å²) >= 11 is 0. The minimum Gasteiger partial charge on any atom is -0.0622 e. The molecule has 0 nitrogen and oxygen atoms in total. The first-order chi connectivity index (χ1) is 39.7. The molecule has 0 N–H and O–H groups in total. The predicted octanol–water partition coefficient (Wildman–Crippen LogP) is 23.8. The van der Waals surface area contributed by atoms with E-state index in [4.69, 9.17) is 0 Å². The molecule has 0 heterocycles. The van der Waals surface area contributed by atoms with Crippen LogP contribution in [-0.4, -0.2) is 0 Å². The molecule has 0 saturated carbocycles. The molecule has 0 aliphatic heterocycles. The van der Waals surface area contributed by atoms with Gasteiger partial charge in [-0.2, -0.15) is 0 Å². The van der Waals surface area contributed by atoms with Crippen molar-refractivity contribution >= 4 is 21.5 Å². The maximum absolute atomic E-state index is 2.60. The average Bonchev–Trinajstić information content (AvgIpc) is 1.53. The third-order valence-corrected chi connectivity index (χ3v) is 20.4. The standard InChI is InChI=1S/C84H78/c1-79(2,3)49-31-33-57-65(43-49)83(13,14)67-45-51(81(7,8)9)41-63(71(57)67)55-35-36-56(64-42-52(82(10,11)12)46-68-72(64)58-34-32-50(80(4,5)6)44-66(58)84(68,15)16)74-60-38-40-62-76-61(39-37-59(73(55)74)75(60)76)77-69(47-25-19-17-20-26-47)53-29-23-24-30-54(53)70(78(62)77)48-27-21-18-22-28-48/h17-46H,1-16H3. The Morgan fingerprint density at radius 3 is 0.869 bits per heavy atom. The summed E-state index contributed by atoms with van der Waals surface area (Å²) in [5.74, 6) is 0. The van der Waals surface area contributed by atoms with Gasteiger partial charge in [-0.3, -0.25) is 0 Å². The zero-order chi connectivity index (χ0) is 58.7. The van der Waals surface area contributed by atoms with E-state index in [1.54, 1.807) is 0 Å². The number of fused-ring (bicyclic) bond motifs is 13. The third kappa shape index (κ3) is 7.31. The van der Waals surface area contributed by atoms with Crippen LogP contribution in [0, 0.1) is 0 Å². The van der Waals surface area contributed by atoms with Crippen molar-refractivity contribution in [3.63, 3.8) is 0 Å². The van der Waals surface area contributed by atoms with E-state index in [0.29, 0.717) is 0 Å². The maximum atomic E-state index is 2.60. The lowest BCUT2D eigenvalue weighted by molar-refractivity contribution is 0.579. The van der Waals surface area contributed by atoms with Crippen LogP contribution in [-0.2, 0) is 32.5 Å². The third-order valence-electron chi connectivity index (χ3n) is 20.4. The van der Waals surface area contributed by atoms with E-state index >= 15 is 0 Å². The Kier molecular flexibility index (Phi) is 10.9. The van der Waals surface area contributed by atoms with Gasteiger partial charge in [-0.15, -0.1) is 0 Å². The van der Waals surface area contributed by atoms with Crippen LogP contribution in [0.15, 0.2) is 182 Å². The van der Waals surface area contributed by atoms with Gasteiger partial charge in [-0.1, -0.05) is 281 Å². The zero-order valence-electron chi connectivity index (χ0n) is 52.3. The van der Waals surface area contributed by atoms with Gasteiger partial charge in [-0.05, 0) is 211 Å². The highest BCUT2D eigenvalue weighted by Gasteiger charge is 2.44. The minimum absolute atomic E-state index is 0.0208. The first-order valence-corrected chi connectivity index (χ1v) is 30.9. The minimum atomic E-state index is -0.209. The van der Waals surface area contributed by atoms with Gasteiger partial charge in [0, 0.05) is 10.8 Å². The molecular weight excluding hydrogens is 1010 g/mol. The van der Waals surface area contributed by atoms with Gasteiger partial charge in [-0.25, -0.2) is 0 Å². The van der Waals surface area contributed by atoms with Gasteiger partial charge in [0.2, 0.25) is 0 Å². The Morgan fingerprint density at radius 2 is 0.524 bits per heavy atom. The molecule has 11 aromatic rings. The summed E-state index contributed by atoms with van der Waals surface area (Å²) in [5, 5.41) is 5.29. The molecule has 0 radical (unpaired) electrons. The highest BCUT2D eigenvalue weighted by Crippen LogP contribution is 2.66. The van der Waals surface area contributed by atoms with E-state index in [2.05, 4.69) is 293 Å². The smallest absolute Gasteiger partial charge is 0.0159 e. The van der Waals surface area contributed by atoms with Crippen LogP contribution in [0.5, 0.6) is 0 Å². The summed E-state index contributed by atoms with van der Waals surface area (Å²) in [6.45, 7) is 38.4. The quantitative estimate of drug-likeness (QED) is 0.165. The van der Waals surface area contributed by atoms with Gasteiger partial charge in [0.05, 0.1) is 0 Å². The van der Waals surface area contributed by atoms with Crippen LogP contribution >= 0.6 is 0 Å². The van der Waals surface area contributed by atoms with Crippen molar-refractivity contribution in [2.45, 2.75) is 143 Å². The van der Waals surface area contributed by atoms with Gasteiger partial charge in [0.1, 0.15) is 0 Å². The van der Waals surface area contributed by atoms with Gasteiger partial charge in [0.15, 0.2) is 0 Å². The Hall–Kier alpha value is -8.06. The molecule has 414 valence electrons.